The van der Waals surface area contributed by atoms with Crippen LogP contribution in [0.1, 0.15) is 31.4 Å². The Labute approximate surface area is 112 Å². The predicted octanol–water partition coefficient (Wildman–Crippen LogP) is 1.19. The van der Waals surface area contributed by atoms with Crippen LogP contribution < -0.4 is 5.32 Å². The summed E-state index contributed by atoms with van der Waals surface area (Å²) in [6.07, 6.45) is 0.935. The number of likely N-dealkylation sites (N-methyl/N-ethyl adjacent to an activating group) is 1. The number of nitrogens with one attached hydrogen (secondary N) is 1. The lowest BCUT2D eigenvalue weighted by Crippen LogP contribution is -2.43. The van der Waals surface area contributed by atoms with E-state index in [-0.39, 0.29) is 23.6 Å². The van der Waals surface area contributed by atoms with Gasteiger partial charge in [0, 0.05) is 19.0 Å². The van der Waals surface area contributed by atoms with Crippen LogP contribution in [-0.4, -0.2) is 34.9 Å². The maximum atomic E-state index is 12.2. The fourth-order valence-electron chi connectivity index (χ4n) is 2.29. The second-order valence-corrected chi connectivity index (χ2v) is 4.84. The van der Waals surface area contributed by atoms with E-state index in [1.54, 1.807) is 30.1 Å². The van der Waals surface area contributed by atoms with Crippen LogP contribution in [-0.2, 0) is 9.59 Å². The van der Waals surface area contributed by atoms with Crippen LogP contribution in [0.2, 0.25) is 0 Å². The number of hydrogen-bond donors (Lipinski definition) is 2. The largest absolute Gasteiger partial charge is 0.508 e. The van der Waals surface area contributed by atoms with E-state index < -0.39 is 6.04 Å². The minimum Gasteiger partial charge on any atom is -0.508 e. The Morgan fingerprint density at radius 2 is 2.16 bits per heavy atom. The van der Waals surface area contributed by atoms with Crippen LogP contribution in [0.4, 0.5) is 0 Å². The molecule has 1 heterocycles. The molecular formula is C14H18N2O3. The Balaban J connectivity index is 2.11. The van der Waals surface area contributed by atoms with Gasteiger partial charge in [0.05, 0.1) is 6.04 Å². The lowest BCUT2D eigenvalue weighted by molar-refractivity contribution is -0.135. The standard InChI is InChI=1S/C14H18N2O3/c1-9(10-5-3-4-6-12(10)17)16(2)14(19)11-7-8-13(18)15-11/h3-6,9,11,17H,7-8H2,1-2H3,(H,15,18)/t9?,11-/m1/s1. The SMILES string of the molecule is CC(c1ccccc1O)N(C)C(=O)[C@H]1CCC(=O)N1. The molecule has 1 aromatic rings. The van der Waals surface area contributed by atoms with Gasteiger partial charge >= 0.3 is 0 Å². The van der Waals surface area contributed by atoms with Crippen molar-refractivity contribution in [3.63, 3.8) is 0 Å². The molecule has 1 unspecified atom stereocenters. The summed E-state index contributed by atoms with van der Waals surface area (Å²) in [6.45, 7) is 1.85. The molecule has 2 rings (SSSR count). The van der Waals surface area contributed by atoms with Crippen LogP contribution >= 0.6 is 0 Å². The summed E-state index contributed by atoms with van der Waals surface area (Å²) in [7, 11) is 1.68. The van der Waals surface area contributed by atoms with Gasteiger partial charge in [-0.05, 0) is 19.4 Å². The second-order valence-electron chi connectivity index (χ2n) is 4.84. The van der Waals surface area contributed by atoms with Crippen molar-refractivity contribution in [2.45, 2.75) is 31.8 Å². The first-order valence-electron chi connectivity index (χ1n) is 6.34. The van der Waals surface area contributed by atoms with E-state index in [0.29, 0.717) is 18.4 Å². The van der Waals surface area contributed by atoms with Crippen molar-refractivity contribution in [2.75, 3.05) is 7.05 Å². The molecule has 0 aliphatic carbocycles. The van der Waals surface area contributed by atoms with Gasteiger partial charge in [-0.25, -0.2) is 0 Å². The highest BCUT2D eigenvalue weighted by molar-refractivity contribution is 5.90. The number of phenolic OH excluding ortho intramolecular Hbond substituents is 1. The maximum absolute atomic E-state index is 12.2. The molecule has 0 bridgehead atoms. The molecule has 1 fully saturated rings. The van der Waals surface area contributed by atoms with Crippen molar-refractivity contribution in [1.82, 2.24) is 10.2 Å². The minimum atomic E-state index is -0.439. The monoisotopic (exact) mass is 262 g/mol. The fourth-order valence-corrected chi connectivity index (χ4v) is 2.29. The third-order valence-corrected chi connectivity index (χ3v) is 3.61. The zero-order chi connectivity index (χ0) is 14.0. The number of para-hydroxylation sites is 1. The van der Waals surface area contributed by atoms with Crippen LogP contribution in [0, 0.1) is 0 Å². The summed E-state index contributed by atoms with van der Waals surface area (Å²) in [5.74, 6) is -0.0336. The predicted molar refractivity (Wildman–Crippen MR) is 70.5 cm³/mol. The Bertz CT molecular complexity index is 501. The molecular weight excluding hydrogens is 244 g/mol. The molecule has 1 aliphatic rings. The van der Waals surface area contributed by atoms with Crippen molar-refractivity contribution in [2.24, 2.45) is 0 Å². The molecule has 1 saturated heterocycles. The number of aromatic hydroxyl groups is 1. The van der Waals surface area contributed by atoms with Gasteiger partial charge in [-0.15, -0.1) is 0 Å². The molecule has 102 valence electrons. The van der Waals surface area contributed by atoms with Gasteiger partial charge in [-0.3, -0.25) is 9.59 Å². The molecule has 2 atom stereocenters. The van der Waals surface area contributed by atoms with E-state index >= 15 is 0 Å². The average molecular weight is 262 g/mol. The van der Waals surface area contributed by atoms with Gasteiger partial charge in [0.2, 0.25) is 11.8 Å². The maximum Gasteiger partial charge on any atom is 0.245 e. The van der Waals surface area contributed by atoms with Gasteiger partial charge in [-0.2, -0.15) is 0 Å². The topological polar surface area (TPSA) is 69.6 Å². The van der Waals surface area contributed by atoms with Gasteiger partial charge in [0.25, 0.3) is 0 Å². The third kappa shape index (κ3) is 2.70. The first-order valence-corrected chi connectivity index (χ1v) is 6.34. The molecule has 5 heteroatoms. The number of carbonyl (C=O) groups is 2. The van der Waals surface area contributed by atoms with Crippen LogP contribution in [0.15, 0.2) is 24.3 Å². The molecule has 1 aromatic carbocycles. The van der Waals surface area contributed by atoms with Gasteiger partial charge in [0.1, 0.15) is 11.8 Å². The fraction of sp³-hybridized carbons (Fsp3) is 0.429. The highest BCUT2D eigenvalue weighted by atomic mass is 16.3. The molecule has 5 nitrogen and oxygen atoms in total. The first kappa shape index (κ1) is 13.4. The number of rotatable bonds is 3. The quantitative estimate of drug-likeness (QED) is 0.859. The summed E-state index contributed by atoms with van der Waals surface area (Å²) in [6, 6.07) is 6.27. The number of phenols is 1. The Morgan fingerprint density at radius 3 is 2.74 bits per heavy atom. The van der Waals surface area contributed by atoms with Crippen LogP contribution in [0.25, 0.3) is 0 Å². The van der Waals surface area contributed by atoms with Crippen molar-refractivity contribution in [3.8, 4) is 5.75 Å². The van der Waals surface area contributed by atoms with E-state index in [1.165, 1.54) is 0 Å². The van der Waals surface area contributed by atoms with Crippen molar-refractivity contribution >= 4 is 11.8 Å². The summed E-state index contributed by atoms with van der Waals surface area (Å²) in [4.78, 5) is 25.0. The normalized spacial score (nSPS) is 19.9. The molecule has 0 spiro atoms. The second kappa shape index (κ2) is 5.30. The highest BCUT2D eigenvalue weighted by Crippen LogP contribution is 2.28. The molecule has 0 radical (unpaired) electrons. The summed E-state index contributed by atoms with van der Waals surface area (Å²) < 4.78 is 0. The van der Waals surface area contributed by atoms with Crippen LogP contribution in [0.5, 0.6) is 5.75 Å². The molecule has 1 aliphatic heterocycles. The highest BCUT2D eigenvalue weighted by Gasteiger charge is 2.31. The van der Waals surface area contributed by atoms with Gasteiger partial charge < -0.3 is 15.3 Å². The van der Waals surface area contributed by atoms with Crippen molar-refractivity contribution in [3.05, 3.63) is 29.8 Å². The molecule has 2 amide bonds. The van der Waals surface area contributed by atoms with E-state index in [4.69, 9.17) is 0 Å². The van der Waals surface area contributed by atoms with E-state index in [1.807, 2.05) is 13.0 Å². The summed E-state index contributed by atoms with van der Waals surface area (Å²) in [5.41, 5.74) is 0.697. The van der Waals surface area contributed by atoms with Crippen molar-refractivity contribution < 1.29 is 14.7 Å². The summed E-state index contributed by atoms with van der Waals surface area (Å²) >= 11 is 0. The number of nitrogens with zero attached hydrogens (tertiary/aromatic N) is 1. The zero-order valence-corrected chi connectivity index (χ0v) is 11.1. The number of hydrogen-bond acceptors (Lipinski definition) is 3. The number of benzene rings is 1. The minimum absolute atomic E-state index is 0.0815. The van der Waals surface area contributed by atoms with E-state index in [0.717, 1.165) is 0 Å². The Kier molecular flexibility index (Phi) is 3.74. The lowest BCUT2D eigenvalue weighted by atomic mass is 10.0. The Hall–Kier alpha value is -2.04. The first-order chi connectivity index (χ1) is 9.00. The molecule has 0 aromatic heterocycles. The third-order valence-electron chi connectivity index (χ3n) is 3.61. The van der Waals surface area contributed by atoms with Gasteiger partial charge in [-0.1, -0.05) is 18.2 Å². The average Bonchev–Trinajstić information content (AvgIpc) is 2.83. The number of carbonyl (C=O) groups excluding carboxylic acids is 2. The number of amides is 2. The molecule has 0 saturated carbocycles. The van der Waals surface area contributed by atoms with Gasteiger partial charge in [0.15, 0.2) is 0 Å². The lowest BCUT2D eigenvalue weighted by Gasteiger charge is -2.28. The smallest absolute Gasteiger partial charge is 0.245 e. The molecule has 19 heavy (non-hydrogen) atoms. The van der Waals surface area contributed by atoms with E-state index in [9.17, 15) is 14.7 Å². The van der Waals surface area contributed by atoms with E-state index in [2.05, 4.69) is 5.32 Å². The zero-order valence-electron chi connectivity index (χ0n) is 11.1. The van der Waals surface area contributed by atoms with Crippen molar-refractivity contribution in [1.29, 1.82) is 0 Å². The van der Waals surface area contributed by atoms with Crippen LogP contribution in [0.3, 0.4) is 0 Å². The summed E-state index contributed by atoms with van der Waals surface area (Å²) in [5, 5.41) is 12.5. The Morgan fingerprint density at radius 1 is 1.47 bits per heavy atom. The molecule has 2 N–H and O–H groups in total.